The highest BCUT2D eigenvalue weighted by Gasteiger charge is 2.25. The van der Waals surface area contributed by atoms with Gasteiger partial charge in [-0.3, -0.25) is 4.90 Å². The number of benzene rings is 2. The van der Waals surface area contributed by atoms with Crippen molar-refractivity contribution in [2.75, 3.05) is 13.1 Å². The first kappa shape index (κ1) is 18.1. The van der Waals surface area contributed by atoms with E-state index >= 15 is 0 Å². The van der Waals surface area contributed by atoms with Crippen molar-refractivity contribution in [3.8, 4) is 0 Å². The Morgan fingerprint density at radius 1 is 1.03 bits per heavy atom. The van der Waals surface area contributed by atoms with Crippen LogP contribution >= 0.6 is 0 Å². The zero-order chi connectivity index (χ0) is 19.5. The highest BCUT2D eigenvalue weighted by molar-refractivity contribution is 5.82. The first-order chi connectivity index (χ1) is 14.3. The van der Waals surface area contributed by atoms with E-state index in [1.807, 2.05) is 35.3 Å². The van der Waals surface area contributed by atoms with Crippen molar-refractivity contribution in [3.05, 3.63) is 83.8 Å². The van der Waals surface area contributed by atoms with Crippen molar-refractivity contribution >= 4 is 10.9 Å². The van der Waals surface area contributed by atoms with Gasteiger partial charge in [0.15, 0.2) is 0 Å². The average molecular weight is 387 g/mol. The van der Waals surface area contributed by atoms with E-state index < -0.39 is 0 Å². The lowest BCUT2D eigenvalue weighted by Gasteiger charge is -2.16. The molecule has 148 valence electrons. The lowest BCUT2D eigenvalue weighted by atomic mass is 10.1. The molecule has 4 aromatic rings. The number of aromatic amines is 1. The summed E-state index contributed by atoms with van der Waals surface area (Å²) in [7, 11) is 0. The second-order valence-corrected chi connectivity index (χ2v) is 7.70. The van der Waals surface area contributed by atoms with Gasteiger partial charge in [-0.15, -0.1) is 5.10 Å². The Kier molecular flexibility index (Phi) is 5.11. The Labute approximate surface area is 170 Å². The zero-order valence-electron chi connectivity index (χ0n) is 16.4. The monoisotopic (exact) mass is 387 g/mol. The second-order valence-electron chi connectivity index (χ2n) is 7.70. The molecule has 0 bridgehead atoms. The van der Waals surface area contributed by atoms with Gasteiger partial charge >= 0.3 is 0 Å². The van der Waals surface area contributed by atoms with Gasteiger partial charge in [0.1, 0.15) is 5.69 Å². The van der Waals surface area contributed by atoms with E-state index in [2.05, 4.69) is 56.6 Å². The Balaban J connectivity index is 1.16. The summed E-state index contributed by atoms with van der Waals surface area (Å²) in [5.74, 6) is 0. The minimum absolute atomic E-state index is 0.371. The van der Waals surface area contributed by atoms with Crippen LogP contribution in [0.25, 0.3) is 10.9 Å². The Hall–Kier alpha value is -2.96. The quantitative estimate of drug-likeness (QED) is 0.522. The van der Waals surface area contributed by atoms with Crippen LogP contribution in [0.2, 0.25) is 0 Å². The third-order valence-corrected chi connectivity index (χ3v) is 5.62. The number of hydrogen-bond acceptors (Lipinski definition) is 4. The van der Waals surface area contributed by atoms with Crippen molar-refractivity contribution in [1.82, 2.24) is 24.9 Å². The lowest BCUT2D eigenvalue weighted by molar-refractivity contribution is 0.104. The fraction of sp³-hybridized carbons (Fsp3) is 0.304. The summed E-state index contributed by atoms with van der Waals surface area (Å²) in [4.78, 5) is 5.80. The van der Waals surface area contributed by atoms with Crippen LogP contribution in [0.3, 0.4) is 0 Å². The Bertz CT molecular complexity index is 1070. The number of ether oxygens (including phenoxy) is 1. The first-order valence-corrected chi connectivity index (χ1v) is 10.1. The molecule has 1 fully saturated rings. The number of H-pyrrole nitrogens is 1. The van der Waals surface area contributed by atoms with Gasteiger partial charge < -0.3 is 9.72 Å². The van der Waals surface area contributed by atoms with E-state index in [4.69, 9.17) is 4.74 Å². The molecular formula is C23H25N5O. The van der Waals surface area contributed by atoms with Crippen LogP contribution in [0.15, 0.2) is 67.0 Å². The van der Waals surface area contributed by atoms with Gasteiger partial charge in [0.2, 0.25) is 0 Å². The highest BCUT2D eigenvalue weighted by Crippen LogP contribution is 2.25. The van der Waals surface area contributed by atoms with Crippen LogP contribution in [0, 0.1) is 0 Å². The maximum Gasteiger partial charge on any atom is 0.108 e. The SMILES string of the molecule is c1ccc(COCc2cn(C3CCN(Cc4cccc5[nH]ccc45)C3)nn2)cc1. The number of nitrogens with one attached hydrogen (secondary N) is 1. The molecule has 6 heteroatoms. The largest absolute Gasteiger partial charge is 0.370 e. The van der Waals surface area contributed by atoms with Crippen molar-refractivity contribution in [2.24, 2.45) is 0 Å². The highest BCUT2D eigenvalue weighted by atomic mass is 16.5. The second kappa shape index (κ2) is 8.19. The van der Waals surface area contributed by atoms with Gasteiger partial charge in [-0.25, -0.2) is 4.68 Å². The Morgan fingerprint density at radius 2 is 1.97 bits per heavy atom. The molecule has 1 atom stereocenters. The predicted octanol–water partition coefficient (Wildman–Crippen LogP) is 3.92. The summed E-state index contributed by atoms with van der Waals surface area (Å²) in [5.41, 5.74) is 4.63. The zero-order valence-corrected chi connectivity index (χ0v) is 16.4. The summed E-state index contributed by atoms with van der Waals surface area (Å²) >= 11 is 0. The predicted molar refractivity (Wildman–Crippen MR) is 112 cm³/mol. The van der Waals surface area contributed by atoms with E-state index in [0.29, 0.717) is 19.3 Å². The van der Waals surface area contributed by atoms with Gasteiger partial charge in [-0.2, -0.15) is 0 Å². The molecule has 1 saturated heterocycles. The van der Waals surface area contributed by atoms with Crippen LogP contribution in [-0.2, 0) is 24.5 Å². The van der Waals surface area contributed by atoms with E-state index in [1.165, 1.54) is 22.0 Å². The molecule has 5 rings (SSSR count). The lowest BCUT2D eigenvalue weighted by Crippen LogP contribution is -2.21. The molecule has 2 aromatic carbocycles. The molecule has 3 heterocycles. The number of rotatable bonds is 7. The van der Waals surface area contributed by atoms with E-state index in [-0.39, 0.29) is 0 Å². The van der Waals surface area contributed by atoms with Crippen molar-refractivity contribution in [2.45, 2.75) is 32.2 Å². The molecule has 1 aliphatic heterocycles. The molecule has 1 N–H and O–H groups in total. The average Bonchev–Trinajstić information content (AvgIpc) is 3.50. The maximum atomic E-state index is 5.79. The third kappa shape index (κ3) is 4.09. The van der Waals surface area contributed by atoms with Crippen LogP contribution in [-0.4, -0.2) is 38.0 Å². The Morgan fingerprint density at radius 3 is 2.90 bits per heavy atom. The number of nitrogens with zero attached hydrogens (tertiary/aromatic N) is 4. The summed E-state index contributed by atoms with van der Waals surface area (Å²) < 4.78 is 7.80. The van der Waals surface area contributed by atoms with Crippen molar-refractivity contribution in [1.29, 1.82) is 0 Å². The topological polar surface area (TPSA) is 59.0 Å². The van der Waals surface area contributed by atoms with E-state index in [1.54, 1.807) is 0 Å². The molecule has 6 nitrogen and oxygen atoms in total. The van der Waals surface area contributed by atoms with Gasteiger partial charge in [-0.1, -0.05) is 47.7 Å². The third-order valence-electron chi connectivity index (χ3n) is 5.62. The summed E-state index contributed by atoms with van der Waals surface area (Å²) in [6, 6.07) is 19.2. The summed E-state index contributed by atoms with van der Waals surface area (Å²) in [6.07, 6.45) is 5.14. The fourth-order valence-corrected chi connectivity index (χ4v) is 4.11. The standard InChI is InChI=1S/C23H25N5O/c1-2-5-18(6-3-1)16-29-17-20-14-28(26-25-20)21-10-12-27(15-21)13-19-7-4-8-23-22(19)9-11-24-23/h1-9,11,14,21,24H,10,12-13,15-17H2. The van der Waals surface area contributed by atoms with E-state index in [9.17, 15) is 0 Å². The molecule has 1 aliphatic rings. The van der Waals surface area contributed by atoms with Crippen molar-refractivity contribution < 1.29 is 4.74 Å². The van der Waals surface area contributed by atoms with Gasteiger partial charge in [-0.05, 0) is 29.7 Å². The maximum absolute atomic E-state index is 5.79. The normalized spacial score (nSPS) is 17.3. The van der Waals surface area contributed by atoms with Crippen molar-refractivity contribution in [3.63, 3.8) is 0 Å². The number of likely N-dealkylation sites (tertiary alicyclic amines) is 1. The van der Waals surface area contributed by atoms with Crippen LogP contribution in [0.5, 0.6) is 0 Å². The number of hydrogen-bond donors (Lipinski definition) is 1. The van der Waals surface area contributed by atoms with Gasteiger partial charge in [0, 0.05) is 36.7 Å². The molecule has 2 aromatic heterocycles. The minimum atomic E-state index is 0.371. The van der Waals surface area contributed by atoms with Crippen LogP contribution < -0.4 is 0 Å². The van der Waals surface area contributed by atoms with Gasteiger partial charge in [0.05, 0.1) is 25.5 Å². The van der Waals surface area contributed by atoms with E-state index in [0.717, 1.165) is 31.7 Å². The first-order valence-electron chi connectivity index (χ1n) is 10.1. The van der Waals surface area contributed by atoms with Crippen LogP contribution in [0.4, 0.5) is 0 Å². The molecule has 0 saturated carbocycles. The molecule has 1 unspecified atom stereocenters. The fourth-order valence-electron chi connectivity index (χ4n) is 4.11. The molecule has 29 heavy (non-hydrogen) atoms. The number of fused-ring (bicyclic) bond motifs is 1. The van der Waals surface area contributed by atoms with Gasteiger partial charge in [0.25, 0.3) is 0 Å². The van der Waals surface area contributed by atoms with Crippen LogP contribution in [0.1, 0.15) is 29.3 Å². The molecule has 0 radical (unpaired) electrons. The summed E-state index contributed by atoms with van der Waals surface area (Å²) in [6.45, 7) is 4.11. The molecular weight excluding hydrogens is 362 g/mol. The molecule has 0 aliphatic carbocycles. The minimum Gasteiger partial charge on any atom is -0.370 e. The molecule has 0 amide bonds. The molecule has 0 spiro atoms. The summed E-state index contributed by atoms with van der Waals surface area (Å²) in [5, 5.41) is 9.98. The number of aromatic nitrogens is 4. The smallest absolute Gasteiger partial charge is 0.108 e.